The molecule has 1 unspecified atom stereocenters. The van der Waals surface area contributed by atoms with Gasteiger partial charge in [0.15, 0.2) is 11.4 Å². The van der Waals surface area contributed by atoms with Gasteiger partial charge in [0.1, 0.15) is 0 Å². The molecule has 0 radical (unpaired) electrons. The number of allylic oxidation sites excluding steroid dienone is 1. The number of alkyl halides is 3. The van der Waals surface area contributed by atoms with Gasteiger partial charge in [-0.3, -0.25) is 4.79 Å². The molecule has 4 aliphatic rings. The minimum Gasteiger partial charge on any atom is -0.380 e. The SMILES string of the molecule is C[C@]12CCC(=O)C(Cl)=C1CC[C@@H]1[C@H]2CC[C@@]2(C)[C@H]1CCC2(O)C(F)(F)F. The van der Waals surface area contributed by atoms with Gasteiger partial charge in [-0.25, -0.2) is 0 Å². The molecule has 0 amide bonds. The molecule has 1 N–H and O–H groups in total. The van der Waals surface area contributed by atoms with Crippen LogP contribution in [0.2, 0.25) is 0 Å². The van der Waals surface area contributed by atoms with Crippen molar-refractivity contribution < 1.29 is 23.1 Å². The first kappa shape index (κ1) is 18.8. The fourth-order valence-corrected chi connectivity index (χ4v) is 7.54. The lowest BCUT2D eigenvalue weighted by molar-refractivity contribution is -0.303. The van der Waals surface area contributed by atoms with E-state index >= 15 is 0 Å². The summed E-state index contributed by atoms with van der Waals surface area (Å²) < 4.78 is 41.1. The standard InChI is InChI=1S/C20H26ClF3O2/c1-17-8-7-15(25)16(21)14(17)4-3-11-12(17)5-9-18(2)13(11)6-10-19(18,26)20(22,23)24/h11-13,26H,3-10H2,1-2H3/t11-,12-,13+,17-,18+,19?/m1/s1. The largest absolute Gasteiger partial charge is 0.417 e. The van der Waals surface area contributed by atoms with Crippen LogP contribution in [-0.2, 0) is 4.79 Å². The smallest absolute Gasteiger partial charge is 0.380 e. The number of halogens is 4. The van der Waals surface area contributed by atoms with Crippen molar-refractivity contribution in [2.24, 2.45) is 28.6 Å². The number of carbonyl (C=O) groups excluding carboxylic acids is 1. The highest BCUT2D eigenvalue weighted by molar-refractivity contribution is 6.43. The molecule has 0 heterocycles. The number of fused-ring (bicyclic) bond motifs is 5. The van der Waals surface area contributed by atoms with Crippen LogP contribution in [0.15, 0.2) is 10.6 Å². The normalized spacial score (nSPS) is 48.9. The second-order valence-corrected chi connectivity index (χ2v) is 9.78. The number of carbonyl (C=O) groups is 1. The maximum atomic E-state index is 13.7. The van der Waals surface area contributed by atoms with E-state index in [1.54, 1.807) is 6.92 Å². The Hall–Kier alpha value is -0.550. The lowest BCUT2D eigenvalue weighted by Gasteiger charge is -2.59. The summed E-state index contributed by atoms with van der Waals surface area (Å²) in [7, 11) is 0. The first-order valence-electron chi connectivity index (χ1n) is 9.67. The third-order valence-corrected chi connectivity index (χ3v) is 9.11. The molecule has 6 atom stereocenters. The van der Waals surface area contributed by atoms with E-state index in [-0.39, 0.29) is 35.4 Å². The van der Waals surface area contributed by atoms with Crippen molar-refractivity contribution >= 4 is 17.4 Å². The van der Waals surface area contributed by atoms with E-state index in [2.05, 4.69) is 6.92 Å². The lowest BCUT2D eigenvalue weighted by atomic mass is 9.46. The van der Waals surface area contributed by atoms with Gasteiger partial charge >= 0.3 is 6.18 Å². The minimum absolute atomic E-state index is 0.00514. The van der Waals surface area contributed by atoms with Crippen LogP contribution >= 0.6 is 11.6 Å². The first-order chi connectivity index (χ1) is 12.0. The fraction of sp³-hybridized carbons (Fsp3) is 0.850. The molecule has 0 bridgehead atoms. The maximum Gasteiger partial charge on any atom is 0.417 e. The van der Waals surface area contributed by atoms with Crippen LogP contribution in [0.5, 0.6) is 0 Å². The molecule has 146 valence electrons. The van der Waals surface area contributed by atoms with Crippen molar-refractivity contribution in [1.82, 2.24) is 0 Å². The van der Waals surface area contributed by atoms with Gasteiger partial charge in [0, 0.05) is 11.8 Å². The average Bonchev–Trinajstić information content (AvgIpc) is 2.84. The van der Waals surface area contributed by atoms with E-state index in [0.29, 0.717) is 37.1 Å². The van der Waals surface area contributed by atoms with Crippen molar-refractivity contribution in [3.05, 3.63) is 10.6 Å². The number of Topliss-reactive ketones (excluding diaryl/α,β-unsaturated/α-hetero) is 1. The number of hydrogen-bond acceptors (Lipinski definition) is 2. The molecule has 0 spiro atoms. The molecule has 0 aromatic carbocycles. The number of hydrogen-bond donors (Lipinski definition) is 1. The van der Waals surface area contributed by atoms with Gasteiger partial charge in [0.25, 0.3) is 0 Å². The molecule has 3 saturated carbocycles. The number of rotatable bonds is 0. The van der Waals surface area contributed by atoms with E-state index < -0.39 is 17.2 Å². The highest BCUT2D eigenvalue weighted by atomic mass is 35.5. The van der Waals surface area contributed by atoms with E-state index in [1.807, 2.05) is 0 Å². The maximum absolute atomic E-state index is 13.7. The van der Waals surface area contributed by atoms with Crippen LogP contribution < -0.4 is 0 Å². The third kappa shape index (κ3) is 2.13. The molecule has 0 aromatic heterocycles. The third-order valence-electron chi connectivity index (χ3n) is 8.67. The van der Waals surface area contributed by atoms with Crippen LogP contribution in [0.4, 0.5) is 13.2 Å². The second kappa shape index (κ2) is 5.50. The Balaban J connectivity index is 1.72. The van der Waals surface area contributed by atoms with Crippen molar-refractivity contribution in [1.29, 1.82) is 0 Å². The van der Waals surface area contributed by atoms with Crippen LogP contribution in [0.3, 0.4) is 0 Å². The predicted molar refractivity (Wildman–Crippen MR) is 92.5 cm³/mol. The highest BCUT2D eigenvalue weighted by Crippen LogP contribution is 2.70. The summed E-state index contributed by atoms with van der Waals surface area (Å²) in [4.78, 5) is 12.0. The zero-order valence-electron chi connectivity index (χ0n) is 15.3. The zero-order chi connectivity index (χ0) is 19.1. The Morgan fingerprint density at radius 1 is 1.04 bits per heavy atom. The van der Waals surface area contributed by atoms with Crippen molar-refractivity contribution in [2.75, 3.05) is 0 Å². The van der Waals surface area contributed by atoms with E-state index in [4.69, 9.17) is 11.6 Å². The van der Waals surface area contributed by atoms with Gasteiger partial charge in [-0.2, -0.15) is 13.2 Å². The molecule has 0 aliphatic heterocycles. The second-order valence-electron chi connectivity index (χ2n) is 9.40. The Bertz CT molecular complexity index is 687. The molecule has 0 aromatic rings. The van der Waals surface area contributed by atoms with Crippen molar-refractivity contribution in [3.63, 3.8) is 0 Å². The van der Waals surface area contributed by atoms with Gasteiger partial charge in [0.2, 0.25) is 0 Å². The van der Waals surface area contributed by atoms with E-state index in [1.165, 1.54) is 0 Å². The average molecular weight is 391 g/mol. The molecular weight excluding hydrogens is 365 g/mol. The summed E-state index contributed by atoms with van der Waals surface area (Å²) in [6.45, 7) is 3.81. The topological polar surface area (TPSA) is 37.3 Å². The molecule has 2 nitrogen and oxygen atoms in total. The van der Waals surface area contributed by atoms with Crippen LogP contribution in [0.25, 0.3) is 0 Å². The summed E-state index contributed by atoms with van der Waals surface area (Å²) in [5.41, 5.74) is -2.84. The van der Waals surface area contributed by atoms with Gasteiger partial charge in [0.05, 0.1) is 5.03 Å². The molecular formula is C20H26ClF3O2. The Labute approximate surface area is 157 Å². The summed E-state index contributed by atoms with van der Waals surface area (Å²) in [6.07, 6.45) is -0.686. The van der Waals surface area contributed by atoms with E-state index in [9.17, 15) is 23.1 Å². The van der Waals surface area contributed by atoms with Crippen molar-refractivity contribution in [3.8, 4) is 0 Å². The van der Waals surface area contributed by atoms with Gasteiger partial charge < -0.3 is 5.11 Å². The fourth-order valence-electron chi connectivity index (χ4n) is 7.13. The molecule has 26 heavy (non-hydrogen) atoms. The molecule has 0 saturated heterocycles. The lowest BCUT2D eigenvalue weighted by Crippen LogP contribution is -2.60. The van der Waals surface area contributed by atoms with Crippen LogP contribution in [0, 0.1) is 28.6 Å². The van der Waals surface area contributed by atoms with Crippen LogP contribution in [-0.4, -0.2) is 22.7 Å². The summed E-state index contributed by atoms with van der Waals surface area (Å²) in [5.74, 6) is 0.298. The van der Waals surface area contributed by atoms with Crippen LogP contribution in [0.1, 0.15) is 65.2 Å². The first-order valence-corrected chi connectivity index (χ1v) is 10.0. The monoisotopic (exact) mass is 390 g/mol. The molecule has 4 aliphatic carbocycles. The van der Waals surface area contributed by atoms with Gasteiger partial charge in [-0.1, -0.05) is 25.4 Å². The molecule has 3 fully saturated rings. The molecule has 6 heteroatoms. The predicted octanol–water partition coefficient (Wildman–Crippen LogP) is 5.38. The highest BCUT2D eigenvalue weighted by Gasteiger charge is 2.72. The summed E-state index contributed by atoms with van der Waals surface area (Å²) >= 11 is 6.35. The Morgan fingerprint density at radius 2 is 1.69 bits per heavy atom. The zero-order valence-corrected chi connectivity index (χ0v) is 16.0. The van der Waals surface area contributed by atoms with Gasteiger partial charge in [-0.15, -0.1) is 0 Å². The van der Waals surface area contributed by atoms with E-state index in [0.717, 1.165) is 18.4 Å². The van der Waals surface area contributed by atoms with Crippen molar-refractivity contribution in [2.45, 2.75) is 77.0 Å². The van der Waals surface area contributed by atoms with Gasteiger partial charge in [-0.05, 0) is 73.7 Å². The summed E-state index contributed by atoms with van der Waals surface area (Å²) in [5, 5.41) is 11.0. The summed E-state index contributed by atoms with van der Waals surface area (Å²) in [6, 6.07) is 0. The number of aliphatic hydroxyl groups is 1. The Kier molecular flexibility index (Phi) is 3.98. The Morgan fingerprint density at radius 3 is 2.35 bits per heavy atom. The number of ketones is 1. The minimum atomic E-state index is -4.59. The molecule has 4 rings (SSSR count). The quantitative estimate of drug-likeness (QED) is 0.603.